The Kier molecular flexibility index (Phi) is 2.73. The number of nitrogens with one attached hydrogen (secondary N) is 1. The van der Waals surface area contributed by atoms with Crippen molar-refractivity contribution in [3.63, 3.8) is 0 Å². The molecule has 15 heavy (non-hydrogen) atoms. The normalized spacial score (nSPS) is 15.7. The van der Waals surface area contributed by atoms with Crippen molar-refractivity contribution in [2.45, 2.75) is 26.3 Å². The first kappa shape index (κ1) is 10.2. The first-order chi connectivity index (χ1) is 7.18. The maximum atomic E-state index is 5.82. The van der Waals surface area contributed by atoms with Crippen LogP contribution >= 0.6 is 0 Å². The van der Waals surface area contributed by atoms with Gasteiger partial charge < -0.3 is 15.8 Å². The van der Waals surface area contributed by atoms with Crippen molar-refractivity contribution in [1.82, 2.24) is 15.3 Å². The third-order valence-corrected chi connectivity index (χ3v) is 2.34. The van der Waals surface area contributed by atoms with Gasteiger partial charge in [-0.3, -0.25) is 0 Å². The van der Waals surface area contributed by atoms with Crippen molar-refractivity contribution in [2.75, 3.05) is 18.9 Å². The molecule has 1 aliphatic rings. The molecule has 2 heterocycles. The number of hydrogen-bond donors (Lipinski definition) is 2. The van der Waals surface area contributed by atoms with Gasteiger partial charge in [0.05, 0.1) is 5.69 Å². The molecule has 1 aromatic heterocycles. The second-order valence-corrected chi connectivity index (χ2v) is 3.93. The Bertz CT molecular complexity index is 365. The van der Waals surface area contributed by atoms with E-state index < -0.39 is 0 Å². The Balaban J connectivity index is 2.42. The molecular weight excluding hydrogens is 192 g/mol. The average molecular weight is 208 g/mol. The van der Waals surface area contributed by atoms with Gasteiger partial charge in [-0.05, 0) is 5.92 Å². The van der Waals surface area contributed by atoms with Gasteiger partial charge in [0.15, 0.2) is 0 Å². The molecule has 0 aliphatic carbocycles. The zero-order chi connectivity index (χ0) is 10.8. The van der Waals surface area contributed by atoms with E-state index in [0.29, 0.717) is 24.8 Å². The maximum absolute atomic E-state index is 5.82. The second-order valence-electron chi connectivity index (χ2n) is 3.93. The van der Waals surface area contributed by atoms with Crippen LogP contribution in [0, 0.1) is 0 Å². The first-order valence-corrected chi connectivity index (χ1v) is 5.18. The minimum absolute atomic E-state index is 0.283. The molecule has 0 bridgehead atoms. The molecule has 0 atom stereocenters. The molecule has 82 valence electrons. The summed E-state index contributed by atoms with van der Waals surface area (Å²) in [5, 5.41) is 3.22. The molecule has 0 aromatic carbocycles. The van der Waals surface area contributed by atoms with Crippen molar-refractivity contribution < 1.29 is 4.74 Å². The molecule has 5 nitrogen and oxygen atoms in total. The van der Waals surface area contributed by atoms with Crippen LogP contribution in [0.2, 0.25) is 0 Å². The predicted molar refractivity (Wildman–Crippen MR) is 57.7 cm³/mol. The van der Waals surface area contributed by atoms with E-state index in [0.717, 1.165) is 17.9 Å². The minimum atomic E-state index is 0.283. The summed E-state index contributed by atoms with van der Waals surface area (Å²) in [7, 11) is 0. The lowest BCUT2D eigenvalue weighted by atomic mass is 10.1. The van der Waals surface area contributed by atoms with Gasteiger partial charge in [-0.2, -0.15) is 4.98 Å². The summed E-state index contributed by atoms with van der Waals surface area (Å²) in [5.41, 5.74) is 7.52. The van der Waals surface area contributed by atoms with Crippen LogP contribution in [0.5, 0.6) is 5.88 Å². The Hall–Kier alpha value is -1.36. The molecule has 0 amide bonds. The van der Waals surface area contributed by atoms with Gasteiger partial charge in [0.25, 0.3) is 0 Å². The van der Waals surface area contributed by atoms with E-state index in [1.54, 1.807) is 0 Å². The Labute approximate surface area is 89.1 Å². The fourth-order valence-corrected chi connectivity index (χ4v) is 1.56. The molecule has 1 aliphatic heterocycles. The van der Waals surface area contributed by atoms with Gasteiger partial charge in [0.2, 0.25) is 5.88 Å². The van der Waals surface area contributed by atoms with Crippen molar-refractivity contribution in [3.8, 4) is 5.88 Å². The number of hydrogen-bond acceptors (Lipinski definition) is 5. The lowest BCUT2D eigenvalue weighted by Gasteiger charge is -2.11. The maximum Gasteiger partial charge on any atom is 0.239 e. The fourth-order valence-electron chi connectivity index (χ4n) is 1.56. The number of nitrogen functional groups attached to an aromatic ring is 1. The third kappa shape index (κ3) is 2.02. The van der Waals surface area contributed by atoms with E-state index in [1.807, 2.05) is 0 Å². The van der Waals surface area contributed by atoms with E-state index >= 15 is 0 Å². The largest absolute Gasteiger partial charge is 0.475 e. The molecule has 5 heteroatoms. The highest BCUT2D eigenvalue weighted by molar-refractivity contribution is 5.41. The molecular formula is C10H16N4O. The number of aromatic nitrogens is 2. The molecule has 0 spiro atoms. The molecule has 3 N–H and O–H groups in total. The van der Waals surface area contributed by atoms with Gasteiger partial charge in [-0.1, -0.05) is 13.8 Å². The molecule has 2 rings (SSSR count). The highest BCUT2D eigenvalue weighted by atomic mass is 16.5. The van der Waals surface area contributed by atoms with Crippen LogP contribution in [0.3, 0.4) is 0 Å². The fraction of sp³-hybridized carbons (Fsp3) is 0.600. The molecule has 0 unspecified atom stereocenters. The molecule has 0 fully saturated rings. The standard InChI is InChI=1S/C10H16N4O/c1-6(2)8-9(11)14-10-7(13-8)5-12-3-4-15-10/h6,12H,3-5H2,1-2H3,(H2,11,14). The summed E-state index contributed by atoms with van der Waals surface area (Å²) in [6.07, 6.45) is 0. The molecule has 0 saturated heterocycles. The summed E-state index contributed by atoms with van der Waals surface area (Å²) in [6, 6.07) is 0. The summed E-state index contributed by atoms with van der Waals surface area (Å²) in [5.74, 6) is 1.33. The summed E-state index contributed by atoms with van der Waals surface area (Å²) in [4.78, 5) is 8.75. The van der Waals surface area contributed by atoms with Crippen LogP contribution in [0.15, 0.2) is 0 Å². The quantitative estimate of drug-likeness (QED) is 0.709. The summed E-state index contributed by atoms with van der Waals surface area (Å²) in [6.45, 7) is 6.23. The number of rotatable bonds is 1. The van der Waals surface area contributed by atoms with Gasteiger partial charge in [0, 0.05) is 13.1 Å². The van der Waals surface area contributed by atoms with Gasteiger partial charge in [-0.25, -0.2) is 4.98 Å². The van der Waals surface area contributed by atoms with Gasteiger partial charge in [0.1, 0.15) is 18.1 Å². The van der Waals surface area contributed by atoms with Crippen LogP contribution in [-0.4, -0.2) is 23.1 Å². The highest BCUT2D eigenvalue weighted by Crippen LogP contribution is 2.23. The number of anilines is 1. The van der Waals surface area contributed by atoms with Gasteiger partial charge >= 0.3 is 0 Å². The van der Waals surface area contributed by atoms with Crippen molar-refractivity contribution in [3.05, 3.63) is 11.4 Å². The topological polar surface area (TPSA) is 73.1 Å². The smallest absolute Gasteiger partial charge is 0.239 e. The number of nitrogens with two attached hydrogens (primary N) is 1. The Morgan fingerprint density at radius 2 is 2.20 bits per heavy atom. The van der Waals surface area contributed by atoms with Crippen LogP contribution in [-0.2, 0) is 6.54 Å². The first-order valence-electron chi connectivity index (χ1n) is 5.18. The van der Waals surface area contributed by atoms with E-state index in [4.69, 9.17) is 10.5 Å². The van der Waals surface area contributed by atoms with Crippen LogP contribution in [0.4, 0.5) is 5.82 Å². The molecule has 0 radical (unpaired) electrons. The van der Waals surface area contributed by atoms with Crippen molar-refractivity contribution in [2.24, 2.45) is 0 Å². The van der Waals surface area contributed by atoms with E-state index in [9.17, 15) is 0 Å². The third-order valence-electron chi connectivity index (χ3n) is 2.34. The predicted octanol–water partition coefficient (Wildman–Crippen LogP) is 0.664. The molecule has 1 aromatic rings. The van der Waals surface area contributed by atoms with Crippen molar-refractivity contribution in [1.29, 1.82) is 0 Å². The van der Waals surface area contributed by atoms with Crippen LogP contribution < -0.4 is 15.8 Å². The Morgan fingerprint density at radius 3 is 2.93 bits per heavy atom. The SMILES string of the molecule is CC(C)c1nc2c(nc1N)OCCNC2. The number of fused-ring (bicyclic) bond motifs is 1. The average Bonchev–Trinajstić information content (AvgIpc) is 2.40. The summed E-state index contributed by atoms with van der Waals surface area (Å²) < 4.78 is 5.45. The van der Waals surface area contributed by atoms with E-state index in [-0.39, 0.29) is 5.92 Å². The summed E-state index contributed by atoms with van der Waals surface area (Å²) >= 11 is 0. The second kappa shape index (κ2) is 4.02. The van der Waals surface area contributed by atoms with E-state index in [1.165, 1.54) is 0 Å². The van der Waals surface area contributed by atoms with Gasteiger partial charge in [-0.15, -0.1) is 0 Å². The van der Waals surface area contributed by atoms with Crippen molar-refractivity contribution >= 4 is 5.82 Å². The highest BCUT2D eigenvalue weighted by Gasteiger charge is 2.16. The number of nitrogens with zero attached hydrogens (tertiary/aromatic N) is 2. The Morgan fingerprint density at radius 1 is 1.40 bits per heavy atom. The minimum Gasteiger partial charge on any atom is -0.475 e. The monoisotopic (exact) mass is 208 g/mol. The number of ether oxygens (including phenoxy) is 1. The van der Waals surface area contributed by atoms with Crippen LogP contribution in [0.1, 0.15) is 31.2 Å². The lowest BCUT2D eigenvalue weighted by Crippen LogP contribution is -2.16. The lowest BCUT2D eigenvalue weighted by molar-refractivity contribution is 0.313. The van der Waals surface area contributed by atoms with E-state index in [2.05, 4.69) is 29.1 Å². The zero-order valence-electron chi connectivity index (χ0n) is 9.08. The van der Waals surface area contributed by atoms with Crippen LogP contribution in [0.25, 0.3) is 0 Å². The zero-order valence-corrected chi connectivity index (χ0v) is 9.08. The molecule has 0 saturated carbocycles.